The number of benzene rings is 2. The molecule has 0 saturated carbocycles. The highest BCUT2D eigenvalue weighted by Gasteiger charge is 2.52. The van der Waals surface area contributed by atoms with Crippen LogP contribution in [0.15, 0.2) is 73.1 Å². The van der Waals surface area contributed by atoms with Crippen molar-refractivity contribution in [1.82, 2.24) is 9.97 Å². The molecular weight excluding hydrogens is 571 g/mol. The lowest BCUT2D eigenvalue weighted by atomic mass is 9.76. The van der Waals surface area contributed by atoms with E-state index in [1.165, 1.54) is 18.3 Å². The molecule has 0 amide bonds. The minimum Gasteiger partial charge on any atom is -0.399 e. The zero-order valence-corrected chi connectivity index (χ0v) is 23.8. The summed E-state index contributed by atoms with van der Waals surface area (Å²) < 4.78 is 62.4. The van der Waals surface area contributed by atoms with Gasteiger partial charge in [-0.15, -0.1) is 0 Å². The van der Waals surface area contributed by atoms with Crippen LogP contribution in [-0.2, 0) is 9.31 Å². The molecule has 3 heterocycles. The third-order valence-electron chi connectivity index (χ3n) is 6.57. The van der Waals surface area contributed by atoms with Crippen molar-refractivity contribution in [2.75, 3.05) is 0 Å². The molecule has 1 saturated heterocycles. The fraction of sp³-hybridized carbons (Fsp3) is 0.200. The zero-order chi connectivity index (χ0) is 31.1. The number of rotatable bonds is 2. The van der Waals surface area contributed by atoms with E-state index in [0.717, 1.165) is 11.7 Å². The summed E-state index contributed by atoms with van der Waals surface area (Å²) in [6.07, 6.45) is 2.27. The maximum Gasteiger partial charge on any atom is 0.496 e. The molecule has 0 spiro atoms. The molecule has 5 rings (SSSR count). The molecule has 2 aromatic carbocycles. The Morgan fingerprint density at radius 1 is 0.690 bits per heavy atom. The van der Waals surface area contributed by atoms with Crippen LogP contribution in [0, 0.1) is 46.2 Å². The standard InChI is InChI=1S/C13H16BNO2.C12H6F2N2.C5H2ClF2N/c1-12(2)13(3,4)17-14(16-12)11-8-6-5-7-10(11)9-15;13-11-10(5-6-16-12(11)14)9-4-2-1-3-8(9)7-15;6-3-1-2-9-5(8)4(3)7/h5-8H,1-4H3;1-6H;1-2H. The molecule has 1 aliphatic heterocycles. The normalized spacial score (nSPS) is 14.4. The third-order valence-corrected chi connectivity index (χ3v) is 6.86. The number of halogens is 5. The average molecular weight is 595 g/mol. The van der Waals surface area contributed by atoms with Crippen LogP contribution in [0.2, 0.25) is 5.02 Å². The molecular formula is C30H24BClF4N4O2. The summed E-state index contributed by atoms with van der Waals surface area (Å²) in [5.74, 6) is -4.46. The highest BCUT2D eigenvalue weighted by Crippen LogP contribution is 2.36. The van der Waals surface area contributed by atoms with Crippen molar-refractivity contribution < 1.29 is 26.9 Å². The van der Waals surface area contributed by atoms with Crippen LogP contribution in [0.3, 0.4) is 0 Å². The highest BCUT2D eigenvalue weighted by atomic mass is 35.5. The summed E-state index contributed by atoms with van der Waals surface area (Å²) in [6.45, 7) is 8.01. The summed E-state index contributed by atoms with van der Waals surface area (Å²) in [5, 5.41) is 17.7. The Balaban J connectivity index is 0.000000181. The van der Waals surface area contributed by atoms with Gasteiger partial charge < -0.3 is 9.31 Å². The van der Waals surface area contributed by atoms with E-state index in [1.807, 2.05) is 52.0 Å². The second-order valence-corrected chi connectivity index (χ2v) is 10.2. The first kappa shape index (κ1) is 32.2. The smallest absolute Gasteiger partial charge is 0.399 e. The summed E-state index contributed by atoms with van der Waals surface area (Å²) in [7, 11) is -0.462. The maximum atomic E-state index is 13.5. The number of nitriles is 2. The Morgan fingerprint density at radius 2 is 1.19 bits per heavy atom. The predicted octanol–water partition coefficient (Wildman–Crippen LogP) is 6.77. The van der Waals surface area contributed by atoms with Crippen molar-refractivity contribution in [3.8, 4) is 23.3 Å². The molecule has 0 radical (unpaired) electrons. The SMILES string of the molecule is CC1(C)OB(c2ccccc2C#N)OC1(C)C.Fc1nccc(Cl)c1F.N#Cc1ccccc1-c1ccnc(F)c1F. The van der Waals surface area contributed by atoms with Crippen LogP contribution in [0.5, 0.6) is 0 Å². The molecule has 4 aromatic rings. The minimum absolute atomic E-state index is 0.0460. The molecule has 0 atom stereocenters. The topological polar surface area (TPSA) is 91.8 Å². The largest absolute Gasteiger partial charge is 0.496 e. The van der Waals surface area contributed by atoms with Gasteiger partial charge in [0, 0.05) is 29.0 Å². The fourth-order valence-corrected chi connectivity index (χ4v) is 3.75. The Morgan fingerprint density at radius 3 is 1.74 bits per heavy atom. The Kier molecular flexibility index (Phi) is 10.4. The van der Waals surface area contributed by atoms with Gasteiger partial charge in [0.25, 0.3) is 0 Å². The number of pyridine rings is 2. The molecule has 1 aliphatic rings. The summed E-state index contributed by atoms with van der Waals surface area (Å²) in [5.41, 5.74) is 1.36. The van der Waals surface area contributed by atoms with Gasteiger partial charge in [-0.2, -0.15) is 19.3 Å². The Bertz CT molecular complexity index is 1620. The second kappa shape index (κ2) is 13.6. The summed E-state index contributed by atoms with van der Waals surface area (Å²) in [6, 6.07) is 20.4. The summed E-state index contributed by atoms with van der Waals surface area (Å²) in [4.78, 5) is 6.21. The van der Waals surface area contributed by atoms with Gasteiger partial charge in [0.2, 0.25) is 11.9 Å². The van der Waals surface area contributed by atoms with Gasteiger partial charge >= 0.3 is 7.12 Å². The maximum absolute atomic E-state index is 13.5. The molecule has 0 unspecified atom stereocenters. The lowest BCUT2D eigenvalue weighted by Crippen LogP contribution is -2.41. The van der Waals surface area contributed by atoms with E-state index in [4.69, 9.17) is 31.4 Å². The van der Waals surface area contributed by atoms with Crippen molar-refractivity contribution in [2.24, 2.45) is 0 Å². The third kappa shape index (κ3) is 7.31. The van der Waals surface area contributed by atoms with Crippen molar-refractivity contribution >= 4 is 24.2 Å². The van der Waals surface area contributed by atoms with Gasteiger partial charge in [-0.3, -0.25) is 0 Å². The Labute approximate surface area is 246 Å². The quantitative estimate of drug-likeness (QED) is 0.145. The lowest BCUT2D eigenvalue weighted by molar-refractivity contribution is 0.00578. The molecule has 0 aliphatic carbocycles. The fourth-order valence-electron chi connectivity index (χ4n) is 3.61. The van der Waals surface area contributed by atoms with Crippen LogP contribution >= 0.6 is 11.6 Å². The van der Waals surface area contributed by atoms with Crippen molar-refractivity contribution in [3.63, 3.8) is 0 Å². The number of hydrogen-bond donors (Lipinski definition) is 0. The van der Waals surface area contributed by atoms with Gasteiger partial charge in [0.1, 0.15) is 0 Å². The number of aromatic nitrogens is 2. The molecule has 6 nitrogen and oxygen atoms in total. The molecule has 1 fully saturated rings. The predicted molar refractivity (Wildman–Crippen MR) is 150 cm³/mol. The molecule has 2 aromatic heterocycles. The number of nitrogens with zero attached hydrogens (tertiary/aromatic N) is 4. The van der Waals surface area contributed by atoms with Crippen molar-refractivity contribution in [3.05, 3.63) is 113 Å². The first-order valence-corrected chi connectivity index (χ1v) is 12.8. The van der Waals surface area contributed by atoms with Crippen LogP contribution in [0.4, 0.5) is 17.6 Å². The first-order chi connectivity index (χ1) is 19.8. The van der Waals surface area contributed by atoms with E-state index in [1.54, 1.807) is 30.3 Å². The van der Waals surface area contributed by atoms with Crippen molar-refractivity contribution in [1.29, 1.82) is 10.5 Å². The highest BCUT2D eigenvalue weighted by molar-refractivity contribution is 6.62. The first-order valence-electron chi connectivity index (χ1n) is 12.4. The van der Waals surface area contributed by atoms with Crippen LogP contribution < -0.4 is 5.46 Å². The summed E-state index contributed by atoms with van der Waals surface area (Å²) >= 11 is 5.16. The monoisotopic (exact) mass is 594 g/mol. The van der Waals surface area contributed by atoms with Crippen molar-refractivity contribution in [2.45, 2.75) is 38.9 Å². The van der Waals surface area contributed by atoms with Gasteiger partial charge in [-0.1, -0.05) is 48.0 Å². The molecule has 42 heavy (non-hydrogen) atoms. The second-order valence-electron chi connectivity index (χ2n) is 9.81. The number of hydrogen-bond acceptors (Lipinski definition) is 6. The molecule has 12 heteroatoms. The van der Waals surface area contributed by atoms with Gasteiger partial charge in [-0.25, -0.2) is 18.7 Å². The van der Waals surface area contributed by atoms with Crippen LogP contribution in [0.1, 0.15) is 38.8 Å². The minimum atomic E-state index is -1.16. The lowest BCUT2D eigenvalue weighted by Gasteiger charge is -2.32. The van der Waals surface area contributed by atoms with Gasteiger partial charge in [-0.05, 0) is 52.0 Å². The zero-order valence-electron chi connectivity index (χ0n) is 23.0. The average Bonchev–Trinajstić information content (AvgIpc) is 3.20. The van der Waals surface area contributed by atoms with E-state index in [2.05, 4.69) is 16.0 Å². The molecule has 0 N–H and O–H groups in total. The molecule has 0 bridgehead atoms. The molecule has 214 valence electrons. The van der Waals surface area contributed by atoms with Crippen LogP contribution in [-0.4, -0.2) is 28.3 Å². The van der Waals surface area contributed by atoms with Gasteiger partial charge in [0.15, 0.2) is 11.6 Å². The van der Waals surface area contributed by atoms with Gasteiger partial charge in [0.05, 0.1) is 39.5 Å². The van der Waals surface area contributed by atoms with E-state index < -0.39 is 30.6 Å². The Hall–Kier alpha value is -4.29. The van der Waals surface area contributed by atoms with E-state index >= 15 is 0 Å². The van der Waals surface area contributed by atoms with E-state index in [-0.39, 0.29) is 21.8 Å². The van der Waals surface area contributed by atoms with Crippen LogP contribution in [0.25, 0.3) is 11.1 Å². The van der Waals surface area contributed by atoms with E-state index in [0.29, 0.717) is 16.7 Å². The van der Waals surface area contributed by atoms with E-state index in [9.17, 15) is 17.6 Å².